The molecule has 1 aromatic rings. The Kier molecular flexibility index (Phi) is 2.95. The van der Waals surface area contributed by atoms with Gasteiger partial charge in [0.2, 0.25) is 0 Å². The normalized spacial score (nSPS) is 12.2. The van der Waals surface area contributed by atoms with Crippen LogP contribution in [0.1, 0.15) is 24.5 Å². The van der Waals surface area contributed by atoms with Gasteiger partial charge in [-0.15, -0.1) is 0 Å². The maximum absolute atomic E-state index is 12.2. The van der Waals surface area contributed by atoms with Crippen LogP contribution in [0.3, 0.4) is 0 Å². The predicted octanol–water partition coefficient (Wildman–Crippen LogP) is 2.82. The first kappa shape index (κ1) is 9.64. The third kappa shape index (κ3) is 2.24. The molecule has 0 aliphatic carbocycles. The maximum Gasteiger partial charge on any atom is 0.263 e. The van der Waals surface area contributed by atoms with Crippen molar-refractivity contribution in [1.82, 2.24) is 0 Å². The molecule has 2 nitrogen and oxygen atoms in total. The van der Waals surface area contributed by atoms with Gasteiger partial charge in [-0.05, 0) is 18.6 Å². The fourth-order valence-corrected chi connectivity index (χ4v) is 0.957. The highest BCUT2D eigenvalue weighted by Gasteiger charge is 2.07. The van der Waals surface area contributed by atoms with Crippen LogP contribution < -0.4 is 0 Å². The van der Waals surface area contributed by atoms with Gasteiger partial charge in [-0.3, -0.25) is 0 Å². The van der Waals surface area contributed by atoms with Gasteiger partial charge in [0.1, 0.15) is 0 Å². The monoisotopic (exact) mass is 185 g/mol. The smallest absolute Gasteiger partial charge is 0.263 e. The number of benzene rings is 1. The number of rotatable bonds is 2. The van der Waals surface area contributed by atoms with Crippen LogP contribution in [-0.2, 0) is 0 Å². The van der Waals surface area contributed by atoms with Gasteiger partial charge in [0.25, 0.3) is 6.43 Å². The largest absolute Gasteiger partial charge is 0.411 e. The highest BCUT2D eigenvalue weighted by atomic mass is 19.3. The molecule has 0 saturated heterocycles. The molecule has 1 rings (SSSR count). The highest BCUT2D eigenvalue weighted by Crippen LogP contribution is 2.19. The third-order valence-electron chi connectivity index (χ3n) is 1.71. The molecule has 0 saturated carbocycles. The molecule has 0 fully saturated rings. The van der Waals surface area contributed by atoms with Crippen LogP contribution in [0.25, 0.3) is 0 Å². The molecule has 1 aromatic carbocycles. The summed E-state index contributed by atoms with van der Waals surface area (Å²) in [6.45, 7) is 1.55. The number of hydrogen-bond donors (Lipinski definition) is 1. The van der Waals surface area contributed by atoms with Gasteiger partial charge in [-0.25, -0.2) is 8.78 Å². The van der Waals surface area contributed by atoms with Crippen LogP contribution in [0.15, 0.2) is 29.4 Å². The van der Waals surface area contributed by atoms with Gasteiger partial charge in [0, 0.05) is 5.56 Å². The summed E-state index contributed by atoms with van der Waals surface area (Å²) in [7, 11) is 0. The zero-order valence-corrected chi connectivity index (χ0v) is 7.04. The van der Waals surface area contributed by atoms with Crippen LogP contribution in [0.4, 0.5) is 8.78 Å². The number of halogens is 2. The van der Waals surface area contributed by atoms with Crippen molar-refractivity contribution in [3.8, 4) is 0 Å². The average Bonchev–Trinajstić information content (AvgIpc) is 2.17. The zero-order valence-electron chi connectivity index (χ0n) is 7.04. The summed E-state index contributed by atoms with van der Waals surface area (Å²) in [6.07, 6.45) is -2.49. The summed E-state index contributed by atoms with van der Waals surface area (Å²) in [5.74, 6) is 0. The van der Waals surface area contributed by atoms with E-state index in [0.717, 1.165) is 0 Å². The van der Waals surface area contributed by atoms with Crippen molar-refractivity contribution >= 4 is 5.71 Å². The summed E-state index contributed by atoms with van der Waals surface area (Å²) in [5, 5.41) is 11.3. The quantitative estimate of drug-likeness (QED) is 0.429. The minimum atomic E-state index is -2.49. The summed E-state index contributed by atoms with van der Waals surface area (Å²) in [5.41, 5.74) is 0.753. The summed E-state index contributed by atoms with van der Waals surface area (Å²) in [6, 6.07) is 5.75. The van der Waals surface area contributed by atoms with E-state index in [1.807, 2.05) is 0 Å². The van der Waals surface area contributed by atoms with Gasteiger partial charge in [0.05, 0.1) is 5.71 Å². The Morgan fingerprint density at radius 2 is 2.15 bits per heavy atom. The molecule has 0 unspecified atom stereocenters. The lowest BCUT2D eigenvalue weighted by Gasteiger charge is -2.02. The Morgan fingerprint density at radius 3 is 2.69 bits per heavy atom. The highest BCUT2D eigenvalue weighted by molar-refractivity contribution is 5.98. The molecular weight excluding hydrogens is 176 g/mol. The zero-order chi connectivity index (χ0) is 9.84. The lowest BCUT2D eigenvalue weighted by atomic mass is 10.1. The number of hydrogen-bond acceptors (Lipinski definition) is 2. The molecule has 0 heterocycles. The molecule has 0 radical (unpaired) electrons. The Balaban J connectivity index is 3.05. The second kappa shape index (κ2) is 3.98. The second-order valence-corrected chi connectivity index (χ2v) is 2.61. The van der Waals surface area contributed by atoms with Gasteiger partial charge < -0.3 is 5.21 Å². The van der Waals surface area contributed by atoms with E-state index < -0.39 is 6.43 Å². The Hall–Kier alpha value is -1.45. The van der Waals surface area contributed by atoms with E-state index >= 15 is 0 Å². The van der Waals surface area contributed by atoms with E-state index in [2.05, 4.69) is 5.16 Å². The average molecular weight is 185 g/mol. The van der Waals surface area contributed by atoms with E-state index in [1.54, 1.807) is 13.0 Å². The number of alkyl halides is 2. The minimum Gasteiger partial charge on any atom is -0.411 e. The van der Waals surface area contributed by atoms with Crippen molar-refractivity contribution in [2.75, 3.05) is 0 Å². The van der Waals surface area contributed by atoms with Crippen molar-refractivity contribution < 1.29 is 14.0 Å². The second-order valence-electron chi connectivity index (χ2n) is 2.61. The van der Waals surface area contributed by atoms with Crippen LogP contribution in [-0.4, -0.2) is 10.9 Å². The van der Waals surface area contributed by atoms with Crippen LogP contribution in [0, 0.1) is 0 Å². The van der Waals surface area contributed by atoms with E-state index in [1.165, 1.54) is 18.2 Å². The van der Waals surface area contributed by atoms with E-state index in [0.29, 0.717) is 11.3 Å². The van der Waals surface area contributed by atoms with Crippen LogP contribution >= 0.6 is 0 Å². The maximum atomic E-state index is 12.2. The van der Waals surface area contributed by atoms with Gasteiger partial charge in [-0.1, -0.05) is 23.4 Å². The lowest BCUT2D eigenvalue weighted by Crippen LogP contribution is -1.95. The molecule has 0 spiro atoms. The van der Waals surface area contributed by atoms with Crippen LogP contribution in [0.5, 0.6) is 0 Å². The van der Waals surface area contributed by atoms with E-state index in [4.69, 9.17) is 5.21 Å². The van der Waals surface area contributed by atoms with Crippen molar-refractivity contribution in [2.24, 2.45) is 5.16 Å². The molecule has 0 amide bonds. The van der Waals surface area contributed by atoms with Crippen molar-refractivity contribution in [3.05, 3.63) is 35.4 Å². The molecule has 0 aliphatic rings. The molecule has 1 N–H and O–H groups in total. The Bertz CT molecular complexity index is 323. The Labute approximate surface area is 74.5 Å². The first-order valence-corrected chi connectivity index (χ1v) is 3.72. The fraction of sp³-hybridized carbons (Fsp3) is 0.222. The molecule has 70 valence electrons. The van der Waals surface area contributed by atoms with E-state index in [9.17, 15) is 8.78 Å². The number of oxime groups is 1. The summed E-state index contributed by atoms with van der Waals surface area (Å²) < 4.78 is 24.4. The first-order valence-electron chi connectivity index (χ1n) is 3.72. The lowest BCUT2D eigenvalue weighted by molar-refractivity contribution is 0.151. The van der Waals surface area contributed by atoms with Gasteiger partial charge >= 0.3 is 0 Å². The fourth-order valence-electron chi connectivity index (χ4n) is 0.957. The minimum absolute atomic E-state index is 0.0690. The topological polar surface area (TPSA) is 32.6 Å². The first-order chi connectivity index (χ1) is 6.15. The number of nitrogens with zero attached hydrogens (tertiary/aromatic N) is 1. The molecule has 0 bridgehead atoms. The molecular formula is C9H9F2NO. The Morgan fingerprint density at radius 1 is 1.46 bits per heavy atom. The van der Waals surface area contributed by atoms with Gasteiger partial charge in [-0.2, -0.15) is 0 Å². The van der Waals surface area contributed by atoms with Crippen molar-refractivity contribution in [1.29, 1.82) is 0 Å². The van der Waals surface area contributed by atoms with Crippen LogP contribution in [0.2, 0.25) is 0 Å². The third-order valence-corrected chi connectivity index (χ3v) is 1.71. The summed E-state index contributed by atoms with van der Waals surface area (Å²) >= 11 is 0. The molecule has 0 aliphatic heterocycles. The molecule has 0 aromatic heterocycles. The predicted molar refractivity (Wildman–Crippen MR) is 45.4 cm³/mol. The molecule has 0 atom stereocenters. The van der Waals surface area contributed by atoms with Crippen molar-refractivity contribution in [2.45, 2.75) is 13.3 Å². The van der Waals surface area contributed by atoms with Gasteiger partial charge in [0.15, 0.2) is 0 Å². The summed E-state index contributed by atoms with van der Waals surface area (Å²) in [4.78, 5) is 0. The standard InChI is InChI=1S/C9H9F2NO/c1-6(12-13)7-3-2-4-8(5-7)9(10)11/h2-5,9,13H,1H3. The SMILES string of the molecule is CC(=NO)c1cccc(C(F)F)c1. The van der Waals surface area contributed by atoms with Crippen molar-refractivity contribution in [3.63, 3.8) is 0 Å². The molecule has 13 heavy (non-hydrogen) atoms. The van der Waals surface area contributed by atoms with E-state index in [-0.39, 0.29) is 5.56 Å². The molecule has 4 heteroatoms.